The van der Waals surface area contributed by atoms with Gasteiger partial charge in [0.25, 0.3) is 10.0 Å². The first-order chi connectivity index (χ1) is 13.2. The van der Waals surface area contributed by atoms with E-state index in [2.05, 4.69) is 26.6 Å². The molecule has 1 heterocycles. The van der Waals surface area contributed by atoms with Gasteiger partial charge in [-0.2, -0.15) is 9.97 Å². The molecule has 0 fully saturated rings. The topological polar surface area (TPSA) is 146 Å². The number of carbonyl (C=O) groups is 2. The van der Waals surface area contributed by atoms with Gasteiger partial charge in [-0.05, 0) is 13.0 Å². The molecule has 0 aliphatic heterocycles. The molecule has 2 N–H and O–H groups in total. The van der Waals surface area contributed by atoms with E-state index in [0.717, 1.165) is 19.3 Å². The molecule has 1 rings (SSSR count). The highest BCUT2D eigenvalue weighted by molar-refractivity contribution is 7.94. The zero-order valence-electron chi connectivity index (χ0n) is 15.7. The Balaban J connectivity index is 3.20. The van der Waals surface area contributed by atoms with Crippen LogP contribution < -0.4 is 19.5 Å². The number of amides is 2. The van der Waals surface area contributed by atoms with E-state index in [1.165, 1.54) is 33.3 Å². The molecule has 2 amide bonds. The van der Waals surface area contributed by atoms with Crippen molar-refractivity contribution in [3.05, 3.63) is 41.4 Å². The van der Waals surface area contributed by atoms with Gasteiger partial charge in [-0.15, -0.1) is 0 Å². The Hall–Kier alpha value is -3.41. The summed E-state index contributed by atoms with van der Waals surface area (Å²) in [5.41, 5.74) is -0.347. The number of rotatable bonds is 8. The molecule has 28 heavy (non-hydrogen) atoms. The van der Waals surface area contributed by atoms with Crippen LogP contribution in [0.5, 0.6) is 11.8 Å². The van der Waals surface area contributed by atoms with Crippen molar-refractivity contribution in [1.82, 2.24) is 14.7 Å². The van der Waals surface area contributed by atoms with Crippen molar-refractivity contribution in [2.75, 3.05) is 26.6 Å². The molecule has 0 saturated heterocycles. The van der Waals surface area contributed by atoms with E-state index in [4.69, 9.17) is 9.47 Å². The molecular weight excluding hydrogens is 392 g/mol. The third kappa shape index (κ3) is 5.81. The average molecular weight is 412 g/mol. The lowest BCUT2D eigenvalue weighted by Crippen LogP contribution is -2.36. The number of urea groups is 1. The standard InChI is InChI=1S/C16H20N4O7S/c1-6-8-11(10(7-2)14(21)27-5)28(23,24)20-16(22)19-15-17-12(25-3)9-13(18-15)26-4/h6-9H,2H2,1,3-5H3,(H2,17,18,19,20,22)/b8-6+,11-10-. The highest BCUT2D eigenvalue weighted by Crippen LogP contribution is 2.18. The molecule has 0 spiro atoms. The number of ether oxygens (including phenoxy) is 3. The quantitative estimate of drug-likeness (QED) is 0.364. The molecule has 152 valence electrons. The molecule has 0 saturated carbocycles. The number of carbonyl (C=O) groups excluding carboxylic acids is 2. The number of hydrogen-bond donors (Lipinski definition) is 2. The molecule has 11 nitrogen and oxygen atoms in total. The van der Waals surface area contributed by atoms with E-state index in [9.17, 15) is 18.0 Å². The van der Waals surface area contributed by atoms with Gasteiger partial charge in [0.1, 0.15) is 4.91 Å². The van der Waals surface area contributed by atoms with Gasteiger partial charge in [0.15, 0.2) is 0 Å². The van der Waals surface area contributed by atoms with E-state index >= 15 is 0 Å². The fraction of sp³-hybridized carbons (Fsp3) is 0.250. The van der Waals surface area contributed by atoms with Crippen LogP contribution in [0.25, 0.3) is 0 Å². The SMILES string of the molecule is C=C/C(C(=O)OC)=C(\C=C\C)S(=O)(=O)NC(=O)Nc1nc(OC)cc(OC)n1. The van der Waals surface area contributed by atoms with Gasteiger partial charge in [-0.25, -0.2) is 22.7 Å². The number of methoxy groups -OCH3 is 3. The van der Waals surface area contributed by atoms with Crippen LogP contribution in [0.1, 0.15) is 6.92 Å². The molecule has 0 unspecified atom stereocenters. The van der Waals surface area contributed by atoms with Gasteiger partial charge < -0.3 is 14.2 Å². The highest BCUT2D eigenvalue weighted by atomic mass is 32.2. The van der Waals surface area contributed by atoms with Crippen LogP contribution in [0.3, 0.4) is 0 Å². The first kappa shape index (κ1) is 22.6. The van der Waals surface area contributed by atoms with Gasteiger partial charge in [0.2, 0.25) is 17.7 Å². The minimum atomic E-state index is -4.46. The second-order valence-corrected chi connectivity index (χ2v) is 6.46. The Morgan fingerprint density at radius 1 is 1.14 bits per heavy atom. The second-order valence-electron chi connectivity index (χ2n) is 4.81. The molecular formula is C16H20N4O7S. The van der Waals surface area contributed by atoms with E-state index in [0.29, 0.717) is 0 Å². The van der Waals surface area contributed by atoms with Crippen molar-refractivity contribution < 1.29 is 32.2 Å². The van der Waals surface area contributed by atoms with Crippen molar-refractivity contribution in [1.29, 1.82) is 0 Å². The molecule has 0 aromatic carbocycles. The van der Waals surface area contributed by atoms with Gasteiger partial charge in [0.05, 0.1) is 33.0 Å². The van der Waals surface area contributed by atoms with Crippen LogP contribution in [0.4, 0.5) is 10.7 Å². The van der Waals surface area contributed by atoms with Crippen molar-refractivity contribution in [3.63, 3.8) is 0 Å². The summed E-state index contributed by atoms with van der Waals surface area (Å²) >= 11 is 0. The lowest BCUT2D eigenvalue weighted by Gasteiger charge is -2.11. The summed E-state index contributed by atoms with van der Waals surface area (Å²) in [6, 6.07) is 0.185. The average Bonchev–Trinajstić information content (AvgIpc) is 2.66. The Morgan fingerprint density at radius 2 is 1.71 bits per heavy atom. The number of hydrogen-bond acceptors (Lipinski definition) is 9. The minimum absolute atomic E-state index is 0.0825. The van der Waals surface area contributed by atoms with E-state index in [1.807, 2.05) is 0 Å². The number of nitrogens with one attached hydrogen (secondary N) is 2. The molecule has 0 aliphatic rings. The van der Waals surface area contributed by atoms with Gasteiger partial charge in [-0.1, -0.05) is 18.7 Å². The molecule has 0 atom stereocenters. The zero-order chi connectivity index (χ0) is 21.3. The van der Waals surface area contributed by atoms with Gasteiger partial charge in [-0.3, -0.25) is 5.32 Å². The summed E-state index contributed by atoms with van der Waals surface area (Å²) in [7, 11) is -0.696. The maximum absolute atomic E-state index is 12.6. The van der Waals surface area contributed by atoms with E-state index in [1.54, 1.807) is 4.72 Å². The van der Waals surface area contributed by atoms with Crippen molar-refractivity contribution >= 4 is 28.0 Å². The van der Waals surface area contributed by atoms with Gasteiger partial charge in [0, 0.05) is 0 Å². The predicted molar refractivity (Wildman–Crippen MR) is 100 cm³/mol. The number of sulfonamides is 1. The highest BCUT2D eigenvalue weighted by Gasteiger charge is 2.25. The largest absolute Gasteiger partial charge is 0.481 e. The maximum atomic E-state index is 12.6. The van der Waals surface area contributed by atoms with Crippen LogP contribution in [0.15, 0.2) is 41.4 Å². The van der Waals surface area contributed by atoms with E-state index in [-0.39, 0.29) is 23.3 Å². The maximum Gasteiger partial charge on any atom is 0.339 e. The lowest BCUT2D eigenvalue weighted by molar-refractivity contribution is -0.135. The van der Waals surface area contributed by atoms with Gasteiger partial charge >= 0.3 is 12.0 Å². The minimum Gasteiger partial charge on any atom is -0.481 e. The summed E-state index contributed by atoms with van der Waals surface area (Å²) in [4.78, 5) is 31.1. The number of esters is 1. The van der Waals surface area contributed by atoms with Crippen molar-refractivity contribution in [2.45, 2.75) is 6.92 Å². The van der Waals surface area contributed by atoms with Crippen LogP contribution >= 0.6 is 0 Å². The lowest BCUT2D eigenvalue weighted by atomic mass is 10.2. The van der Waals surface area contributed by atoms with Crippen molar-refractivity contribution in [3.8, 4) is 11.8 Å². The molecule has 1 aromatic rings. The normalized spacial score (nSPS) is 12.0. The Kier molecular flexibility index (Phi) is 8.13. The second kappa shape index (κ2) is 10.1. The predicted octanol–water partition coefficient (Wildman–Crippen LogP) is 1.13. The van der Waals surface area contributed by atoms with Crippen LogP contribution in [-0.4, -0.2) is 51.7 Å². The smallest absolute Gasteiger partial charge is 0.339 e. The molecule has 0 aliphatic carbocycles. The number of anilines is 1. The fourth-order valence-corrected chi connectivity index (χ4v) is 3.02. The zero-order valence-corrected chi connectivity index (χ0v) is 16.5. The molecule has 1 aromatic heterocycles. The molecule has 0 bridgehead atoms. The van der Waals surface area contributed by atoms with E-state index < -0.39 is 26.9 Å². The summed E-state index contributed by atoms with van der Waals surface area (Å²) < 4.78 is 41.3. The first-order valence-electron chi connectivity index (χ1n) is 7.61. The monoisotopic (exact) mass is 412 g/mol. The summed E-state index contributed by atoms with van der Waals surface area (Å²) in [5, 5.41) is 2.14. The number of nitrogens with zero attached hydrogens (tertiary/aromatic N) is 2. The first-order valence-corrected chi connectivity index (χ1v) is 9.09. The summed E-state index contributed by atoms with van der Waals surface area (Å²) in [5.74, 6) is -1.04. The third-order valence-corrected chi connectivity index (χ3v) is 4.42. The Bertz CT molecular complexity index is 901. The molecule has 12 heteroatoms. The number of aromatic nitrogens is 2. The summed E-state index contributed by atoms with van der Waals surface area (Å²) in [6.07, 6.45) is 3.50. The number of allylic oxidation sites excluding steroid dienone is 2. The van der Waals surface area contributed by atoms with Crippen molar-refractivity contribution in [2.24, 2.45) is 0 Å². The Morgan fingerprint density at radius 3 is 2.14 bits per heavy atom. The fourth-order valence-electron chi connectivity index (χ4n) is 1.84. The van der Waals surface area contributed by atoms with Crippen LogP contribution in [0.2, 0.25) is 0 Å². The molecule has 0 radical (unpaired) electrons. The summed E-state index contributed by atoms with van der Waals surface area (Å²) in [6.45, 7) is 4.93. The van der Waals surface area contributed by atoms with Crippen LogP contribution in [0, 0.1) is 0 Å². The Labute approximate surface area is 162 Å². The van der Waals surface area contributed by atoms with Crippen LogP contribution in [-0.2, 0) is 19.6 Å². The third-order valence-electron chi connectivity index (χ3n) is 3.03.